The van der Waals surface area contributed by atoms with Gasteiger partial charge in [0.1, 0.15) is 16.1 Å². The van der Waals surface area contributed by atoms with Gasteiger partial charge in [0.05, 0.1) is 18.3 Å². The summed E-state index contributed by atoms with van der Waals surface area (Å²) in [7, 11) is 1.60. The number of methoxy groups -OCH3 is 1. The first-order chi connectivity index (χ1) is 13.5. The van der Waals surface area contributed by atoms with Gasteiger partial charge < -0.3 is 15.0 Å². The smallest absolute Gasteiger partial charge is 0.266 e. The normalized spacial score (nSPS) is 16.5. The average molecular weight is 417 g/mol. The topological polar surface area (TPSA) is 87.3 Å². The van der Waals surface area contributed by atoms with E-state index in [2.05, 4.69) is 15.3 Å². The van der Waals surface area contributed by atoms with Crippen molar-refractivity contribution in [1.82, 2.24) is 20.2 Å². The summed E-state index contributed by atoms with van der Waals surface area (Å²) < 4.78 is 5.51. The van der Waals surface area contributed by atoms with E-state index >= 15 is 0 Å². The van der Waals surface area contributed by atoms with E-state index in [-0.39, 0.29) is 11.8 Å². The highest BCUT2D eigenvalue weighted by Crippen LogP contribution is 2.34. The van der Waals surface area contributed by atoms with E-state index in [0.717, 1.165) is 17.0 Å². The summed E-state index contributed by atoms with van der Waals surface area (Å²) in [6.45, 7) is 2.12. The molecule has 1 aromatic heterocycles. The van der Waals surface area contributed by atoms with E-state index in [1.165, 1.54) is 16.7 Å². The predicted octanol–water partition coefficient (Wildman–Crippen LogP) is 2.37. The lowest BCUT2D eigenvalue weighted by atomic mass is 10.2. The molecule has 0 saturated carbocycles. The fraction of sp³-hybridized carbons (Fsp3) is 0.263. The molecule has 1 aromatic carbocycles. The number of ether oxygens (including phenoxy) is 1. The van der Waals surface area contributed by atoms with Crippen LogP contribution in [0, 0.1) is 0 Å². The molecule has 2 N–H and O–H groups in total. The number of benzene rings is 1. The number of imidazole rings is 1. The van der Waals surface area contributed by atoms with Crippen LogP contribution in [-0.2, 0) is 16.0 Å². The van der Waals surface area contributed by atoms with Crippen molar-refractivity contribution in [3.05, 3.63) is 53.0 Å². The van der Waals surface area contributed by atoms with Crippen LogP contribution in [-0.4, -0.2) is 50.7 Å². The largest absolute Gasteiger partial charge is 0.497 e. The van der Waals surface area contributed by atoms with Crippen LogP contribution in [0.25, 0.3) is 6.08 Å². The number of rotatable bonds is 7. The number of nitrogens with zero attached hydrogens (tertiary/aromatic N) is 2. The minimum absolute atomic E-state index is 0.249. The molecule has 1 aliphatic heterocycles. The van der Waals surface area contributed by atoms with Gasteiger partial charge in [-0.15, -0.1) is 0 Å². The first-order valence-electron chi connectivity index (χ1n) is 8.65. The zero-order chi connectivity index (χ0) is 20.1. The number of aromatic amines is 1. The van der Waals surface area contributed by atoms with Gasteiger partial charge in [-0.3, -0.25) is 14.5 Å². The van der Waals surface area contributed by atoms with Crippen LogP contribution in [0.5, 0.6) is 5.75 Å². The number of H-pyrrole nitrogens is 1. The highest BCUT2D eigenvalue weighted by molar-refractivity contribution is 8.26. The van der Waals surface area contributed by atoms with Gasteiger partial charge in [0.25, 0.3) is 5.91 Å². The van der Waals surface area contributed by atoms with Crippen molar-refractivity contribution in [3.63, 3.8) is 0 Å². The zero-order valence-corrected chi connectivity index (χ0v) is 17.1. The molecule has 28 heavy (non-hydrogen) atoms. The first-order valence-corrected chi connectivity index (χ1v) is 9.88. The van der Waals surface area contributed by atoms with Crippen LogP contribution >= 0.6 is 24.0 Å². The molecule has 1 fully saturated rings. The molecule has 1 aliphatic rings. The second kappa shape index (κ2) is 9.03. The molecule has 7 nitrogen and oxygen atoms in total. The number of amides is 2. The van der Waals surface area contributed by atoms with Crippen LogP contribution in [0.3, 0.4) is 0 Å². The van der Waals surface area contributed by atoms with Crippen molar-refractivity contribution in [3.8, 4) is 5.75 Å². The number of thiocarbonyl (C=S) groups is 1. The van der Waals surface area contributed by atoms with Gasteiger partial charge in [-0.05, 0) is 30.7 Å². The van der Waals surface area contributed by atoms with E-state index in [4.69, 9.17) is 17.0 Å². The zero-order valence-electron chi connectivity index (χ0n) is 15.5. The summed E-state index contributed by atoms with van der Waals surface area (Å²) in [5.41, 5.74) is 1.79. The second-order valence-corrected chi connectivity index (χ2v) is 7.79. The van der Waals surface area contributed by atoms with Crippen LogP contribution in [0.2, 0.25) is 0 Å². The Labute approximate surface area is 172 Å². The lowest BCUT2D eigenvalue weighted by Gasteiger charge is -2.22. The summed E-state index contributed by atoms with van der Waals surface area (Å²) in [5, 5.41) is 2.83. The third-order valence-electron chi connectivity index (χ3n) is 4.25. The molecule has 146 valence electrons. The third kappa shape index (κ3) is 4.60. The Morgan fingerprint density at radius 3 is 2.82 bits per heavy atom. The van der Waals surface area contributed by atoms with Crippen molar-refractivity contribution in [2.75, 3.05) is 13.7 Å². The second-order valence-electron chi connectivity index (χ2n) is 6.12. The van der Waals surface area contributed by atoms with Crippen molar-refractivity contribution in [1.29, 1.82) is 0 Å². The molecule has 0 bridgehead atoms. The Balaban J connectivity index is 1.62. The van der Waals surface area contributed by atoms with Crippen molar-refractivity contribution >= 4 is 46.2 Å². The van der Waals surface area contributed by atoms with Gasteiger partial charge in [-0.2, -0.15) is 0 Å². The maximum Gasteiger partial charge on any atom is 0.266 e. The SMILES string of the molecule is COc1ccc(/C=C2\SC(=S)N([C@H](C)C(=O)NCCc3cnc[nH]3)C2=O)cc1. The monoisotopic (exact) mass is 416 g/mol. The van der Waals surface area contributed by atoms with E-state index in [9.17, 15) is 9.59 Å². The number of carbonyl (C=O) groups is 2. The fourth-order valence-electron chi connectivity index (χ4n) is 2.67. The summed E-state index contributed by atoms with van der Waals surface area (Å²) in [5.74, 6) is 0.230. The number of thioether (sulfide) groups is 1. The molecule has 2 aromatic rings. The molecular formula is C19H20N4O3S2. The quantitative estimate of drug-likeness (QED) is 0.532. The van der Waals surface area contributed by atoms with Gasteiger partial charge in [-0.25, -0.2) is 4.98 Å². The van der Waals surface area contributed by atoms with E-state index in [1.807, 2.05) is 24.3 Å². The molecule has 2 amide bonds. The highest BCUT2D eigenvalue weighted by atomic mass is 32.2. The lowest BCUT2D eigenvalue weighted by molar-refractivity contribution is -0.132. The third-order valence-corrected chi connectivity index (χ3v) is 5.58. The molecule has 0 unspecified atom stereocenters. The lowest BCUT2D eigenvalue weighted by Crippen LogP contribution is -2.47. The molecule has 1 atom stereocenters. The van der Waals surface area contributed by atoms with Crippen LogP contribution in [0.1, 0.15) is 18.2 Å². The van der Waals surface area contributed by atoms with Gasteiger partial charge in [0.15, 0.2) is 0 Å². The summed E-state index contributed by atoms with van der Waals surface area (Å²) in [4.78, 5) is 34.0. The molecule has 9 heteroatoms. The molecular weight excluding hydrogens is 396 g/mol. The summed E-state index contributed by atoms with van der Waals surface area (Å²) in [6, 6.07) is 6.68. The number of hydrogen-bond donors (Lipinski definition) is 2. The van der Waals surface area contributed by atoms with E-state index < -0.39 is 6.04 Å². The van der Waals surface area contributed by atoms with Gasteiger partial charge in [0.2, 0.25) is 5.91 Å². The maximum absolute atomic E-state index is 12.8. The van der Waals surface area contributed by atoms with Gasteiger partial charge >= 0.3 is 0 Å². The Bertz CT molecular complexity index is 894. The number of aromatic nitrogens is 2. The van der Waals surface area contributed by atoms with Crippen LogP contribution in [0.4, 0.5) is 0 Å². The van der Waals surface area contributed by atoms with Crippen molar-refractivity contribution in [2.45, 2.75) is 19.4 Å². The molecule has 2 heterocycles. The molecule has 0 aliphatic carbocycles. The Hall–Kier alpha value is -2.65. The molecule has 0 spiro atoms. The van der Waals surface area contributed by atoms with Crippen molar-refractivity contribution in [2.24, 2.45) is 0 Å². The van der Waals surface area contributed by atoms with E-state index in [0.29, 0.717) is 22.2 Å². The Kier molecular flexibility index (Phi) is 6.48. The summed E-state index contributed by atoms with van der Waals surface area (Å²) in [6.07, 6.45) is 5.70. The molecule has 3 rings (SSSR count). The van der Waals surface area contributed by atoms with Gasteiger partial charge in [-0.1, -0.05) is 36.1 Å². The van der Waals surface area contributed by atoms with Gasteiger partial charge in [0, 0.05) is 24.9 Å². The predicted molar refractivity (Wildman–Crippen MR) is 113 cm³/mol. The minimum Gasteiger partial charge on any atom is -0.497 e. The minimum atomic E-state index is -0.684. The number of hydrogen-bond acceptors (Lipinski definition) is 6. The maximum atomic E-state index is 12.8. The van der Waals surface area contributed by atoms with Crippen LogP contribution < -0.4 is 10.1 Å². The summed E-state index contributed by atoms with van der Waals surface area (Å²) >= 11 is 6.54. The highest BCUT2D eigenvalue weighted by Gasteiger charge is 2.38. The Morgan fingerprint density at radius 2 is 2.18 bits per heavy atom. The van der Waals surface area contributed by atoms with E-state index in [1.54, 1.807) is 32.6 Å². The number of nitrogens with one attached hydrogen (secondary N) is 2. The fourth-order valence-corrected chi connectivity index (χ4v) is 4.09. The Morgan fingerprint density at radius 1 is 1.43 bits per heavy atom. The first kappa shape index (κ1) is 20.1. The standard InChI is InChI=1S/C19H20N4O3S2/c1-12(17(24)21-8-7-14-10-20-11-22-14)23-18(25)16(28-19(23)27)9-13-3-5-15(26-2)6-4-13/h3-6,9-12H,7-8H2,1-2H3,(H,20,22)(H,21,24)/b16-9-/t12-/m1/s1. The molecule has 0 radical (unpaired) electrons. The van der Waals surface area contributed by atoms with Crippen molar-refractivity contribution < 1.29 is 14.3 Å². The number of carbonyl (C=O) groups excluding carboxylic acids is 2. The molecule has 1 saturated heterocycles. The van der Waals surface area contributed by atoms with Crippen LogP contribution in [0.15, 0.2) is 41.7 Å². The average Bonchev–Trinajstić information content (AvgIpc) is 3.30.